The molecule has 60 valence electrons. The van der Waals surface area contributed by atoms with E-state index in [1.54, 1.807) is 0 Å². The third-order valence-electron chi connectivity index (χ3n) is 1.84. The Morgan fingerprint density at radius 3 is 2.70 bits per heavy atom. The van der Waals surface area contributed by atoms with E-state index in [1.165, 1.54) is 0 Å². The first-order valence-corrected chi connectivity index (χ1v) is 5.48. The van der Waals surface area contributed by atoms with Crippen molar-refractivity contribution in [2.45, 2.75) is 13.8 Å². The molecule has 1 fully saturated rings. The largest absolute Gasteiger partial charge is 0.316 e. The molecular weight excluding hydrogens is 149 g/mol. The van der Waals surface area contributed by atoms with E-state index in [4.69, 9.17) is 4.52 Å². The van der Waals surface area contributed by atoms with Gasteiger partial charge in [-0.2, -0.15) is 0 Å². The second-order valence-corrected chi connectivity index (χ2v) is 5.06. The summed E-state index contributed by atoms with van der Waals surface area (Å²) in [5, 5.41) is 0. The van der Waals surface area contributed by atoms with Crippen molar-refractivity contribution in [3.8, 4) is 0 Å². The van der Waals surface area contributed by atoms with E-state index in [0.717, 1.165) is 13.1 Å². The van der Waals surface area contributed by atoms with Gasteiger partial charge in [0.05, 0.1) is 6.61 Å². The molecule has 1 aliphatic heterocycles. The molecule has 0 bridgehead atoms. The quantitative estimate of drug-likeness (QED) is 0.578. The zero-order chi connectivity index (χ0) is 7.61. The predicted molar refractivity (Wildman–Crippen MR) is 41.3 cm³/mol. The lowest BCUT2D eigenvalue weighted by atomic mass is 10.6. The average Bonchev–Trinajstić information content (AvgIpc) is 2.32. The smallest absolute Gasteiger partial charge is 0.272 e. The molecular formula is C6H14NO2P. The molecule has 0 radical (unpaired) electrons. The Labute approximate surface area is 61.9 Å². The molecule has 0 spiro atoms. The topological polar surface area (TPSA) is 29.5 Å². The molecule has 4 heteroatoms. The molecule has 0 aliphatic carbocycles. The van der Waals surface area contributed by atoms with Gasteiger partial charge in [-0.3, -0.25) is 4.57 Å². The summed E-state index contributed by atoms with van der Waals surface area (Å²) in [4.78, 5) is 0. The Morgan fingerprint density at radius 2 is 2.30 bits per heavy atom. The third kappa shape index (κ3) is 1.26. The fraction of sp³-hybridized carbons (Fsp3) is 1.00. The van der Waals surface area contributed by atoms with Gasteiger partial charge in [0.15, 0.2) is 0 Å². The normalized spacial score (nSPS) is 35.0. The molecule has 10 heavy (non-hydrogen) atoms. The monoisotopic (exact) mass is 163 g/mol. The number of hydrogen-bond acceptors (Lipinski definition) is 2. The molecule has 1 heterocycles. The van der Waals surface area contributed by atoms with Crippen molar-refractivity contribution in [1.82, 2.24) is 4.67 Å². The van der Waals surface area contributed by atoms with Crippen LogP contribution < -0.4 is 0 Å². The van der Waals surface area contributed by atoms with Gasteiger partial charge in [0.1, 0.15) is 0 Å². The van der Waals surface area contributed by atoms with Crippen LogP contribution in [0.1, 0.15) is 13.8 Å². The SMILES string of the molecule is CCN1CCOP1(=O)CC. The first-order chi connectivity index (χ1) is 4.73. The van der Waals surface area contributed by atoms with Crippen LogP contribution in [0.25, 0.3) is 0 Å². The van der Waals surface area contributed by atoms with E-state index < -0.39 is 7.52 Å². The fourth-order valence-electron chi connectivity index (χ4n) is 1.19. The predicted octanol–water partition coefficient (Wildman–Crippen LogP) is 1.55. The van der Waals surface area contributed by atoms with E-state index in [-0.39, 0.29) is 0 Å². The summed E-state index contributed by atoms with van der Waals surface area (Å²) in [6, 6.07) is 0. The van der Waals surface area contributed by atoms with Crippen molar-refractivity contribution >= 4 is 7.52 Å². The van der Waals surface area contributed by atoms with E-state index in [0.29, 0.717) is 12.8 Å². The minimum atomic E-state index is -2.33. The highest BCUT2D eigenvalue weighted by Crippen LogP contribution is 2.53. The molecule has 0 aromatic heterocycles. The summed E-state index contributed by atoms with van der Waals surface area (Å²) in [6.45, 7) is 6.23. The minimum Gasteiger partial charge on any atom is -0.316 e. The number of likely N-dealkylation sites (N-methyl/N-ethyl adjacent to an activating group) is 1. The Morgan fingerprint density at radius 1 is 1.60 bits per heavy atom. The van der Waals surface area contributed by atoms with Crippen LogP contribution in [0.15, 0.2) is 0 Å². The molecule has 1 saturated heterocycles. The molecule has 0 saturated carbocycles. The zero-order valence-electron chi connectivity index (χ0n) is 6.54. The average molecular weight is 163 g/mol. The van der Waals surface area contributed by atoms with Gasteiger partial charge in [0, 0.05) is 19.3 Å². The summed E-state index contributed by atoms with van der Waals surface area (Å²) in [5.41, 5.74) is 0. The molecule has 1 rings (SSSR count). The fourth-order valence-corrected chi connectivity index (χ4v) is 3.12. The van der Waals surface area contributed by atoms with Gasteiger partial charge in [-0.15, -0.1) is 0 Å². The highest BCUT2D eigenvalue weighted by atomic mass is 31.2. The highest BCUT2D eigenvalue weighted by molar-refractivity contribution is 7.56. The third-order valence-corrected chi connectivity index (χ3v) is 4.57. The van der Waals surface area contributed by atoms with Crippen molar-refractivity contribution in [1.29, 1.82) is 0 Å². The highest BCUT2D eigenvalue weighted by Gasteiger charge is 2.33. The number of nitrogens with zero attached hydrogens (tertiary/aromatic N) is 1. The molecule has 1 aliphatic rings. The summed E-state index contributed by atoms with van der Waals surface area (Å²) in [6.07, 6.45) is 0.640. The maximum absolute atomic E-state index is 11.6. The molecule has 1 atom stereocenters. The Bertz CT molecular complexity index is 160. The van der Waals surface area contributed by atoms with Gasteiger partial charge >= 0.3 is 0 Å². The van der Waals surface area contributed by atoms with Gasteiger partial charge in [-0.25, -0.2) is 4.67 Å². The van der Waals surface area contributed by atoms with E-state index in [9.17, 15) is 4.57 Å². The summed E-state index contributed by atoms with van der Waals surface area (Å²) in [5.74, 6) is 0. The molecule has 0 aromatic carbocycles. The van der Waals surface area contributed by atoms with Crippen LogP contribution in [0.2, 0.25) is 0 Å². The van der Waals surface area contributed by atoms with Crippen LogP contribution in [0.4, 0.5) is 0 Å². The maximum Gasteiger partial charge on any atom is 0.272 e. The molecule has 1 unspecified atom stereocenters. The second kappa shape index (κ2) is 3.04. The van der Waals surface area contributed by atoms with Gasteiger partial charge < -0.3 is 4.52 Å². The standard InChI is InChI=1S/C6H14NO2P/c1-3-7-5-6-9-10(7,8)4-2/h3-6H2,1-2H3. The van der Waals surface area contributed by atoms with E-state index >= 15 is 0 Å². The summed E-state index contributed by atoms with van der Waals surface area (Å²) >= 11 is 0. The van der Waals surface area contributed by atoms with Crippen molar-refractivity contribution in [2.24, 2.45) is 0 Å². The molecule has 0 aromatic rings. The van der Waals surface area contributed by atoms with Gasteiger partial charge in [-0.1, -0.05) is 13.8 Å². The van der Waals surface area contributed by atoms with Crippen LogP contribution in [0, 0.1) is 0 Å². The van der Waals surface area contributed by atoms with E-state index in [2.05, 4.69) is 0 Å². The van der Waals surface area contributed by atoms with Crippen molar-refractivity contribution in [3.05, 3.63) is 0 Å². The van der Waals surface area contributed by atoms with Crippen LogP contribution in [0.3, 0.4) is 0 Å². The van der Waals surface area contributed by atoms with Crippen molar-refractivity contribution in [3.63, 3.8) is 0 Å². The Kier molecular flexibility index (Phi) is 2.50. The van der Waals surface area contributed by atoms with Crippen LogP contribution in [-0.2, 0) is 9.09 Å². The molecule has 0 amide bonds. The zero-order valence-corrected chi connectivity index (χ0v) is 7.43. The van der Waals surface area contributed by atoms with Gasteiger partial charge in [-0.05, 0) is 0 Å². The Balaban J connectivity index is 2.66. The lowest BCUT2D eigenvalue weighted by Crippen LogP contribution is -2.16. The Hall–Kier alpha value is 0.150. The van der Waals surface area contributed by atoms with E-state index in [1.807, 2.05) is 18.5 Å². The minimum absolute atomic E-state index is 0.638. The van der Waals surface area contributed by atoms with Gasteiger partial charge in [0.25, 0.3) is 7.52 Å². The van der Waals surface area contributed by atoms with Crippen LogP contribution in [0.5, 0.6) is 0 Å². The molecule has 3 nitrogen and oxygen atoms in total. The van der Waals surface area contributed by atoms with Crippen LogP contribution >= 0.6 is 7.52 Å². The van der Waals surface area contributed by atoms with Crippen molar-refractivity contribution in [2.75, 3.05) is 25.9 Å². The van der Waals surface area contributed by atoms with Crippen LogP contribution in [-0.4, -0.2) is 30.5 Å². The lowest BCUT2D eigenvalue weighted by molar-refractivity contribution is 0.359. The molecule has 0 N–H and O–H groups in total. The number of rotatable bonds is 2. The first-order valence-electron chi connectivity index (χ1n) is 3.72. The van der Waals surface area contributed by atoms with Gasteiger partial charge in [0.2, 0.25) is 0 Å². The number of hydrogen-bond donors (Lipinski definition) is 0. The summed E-state index contributed by atoms with van der Waals surface area (Å²) in [7, 11) is -2.33. The van der Waals surface area contributed by atoms with Crippen molar-refractivity contribution < 1.29 is 9.09 Å². The summed E-state index contributed by atoms with van der Waals surface area (Å²) < 4.78 is 18.8. The maximum atomic E-state index is 11.6. The lowest BCUT2D eigenvalue weighted by Gasteiger charge is -2.18. The second-order valence-electron chi connectivity index (χ2n) is 2.33. The first kappa shape index (κ1) is 8.25.